The van der Waals surface area contributed by atoms with Gasteiger partial charge in [0.1, 0.15) is 0 Å². The second-order valence-corrected chi connectivity index (χ2v) is 6.33. The van der Waals surface area contributed by atoms with E-state index in [-0.39, 0.29) is 5.91 Å². The molecule has 1 aliphatic heterocycles. The van der Waals surface area contributed by atoms with Gasteiger partial charge in [0, 0.05) is 6.42 Å². The monoisotopic (exact) mass is 269 g/mol. The summed E-state index contributed by atoms with van der Waals surface area (Å²) in [7, 11) is 0. The molecule has 1 fully saturated rings. The van der Waals surface area contributed by atoms with Gasteiger partial charge in [0.05, 0.1) is 18.7 Å². The topological polar surface area (TPSA) is 40.5 Å². The number of hydrogen-bond acceptors (Lipinski definition) is 2. The predicted molar refractivity (Wildman–Crippen MR) is 79.0 cm³/mol. The van der Waals surface area contributed by atoms with E-state index in [1.807, 2.05) is 0 Å². The summed E-state index contributed by atoms with van der Waals surface area (Å²) in [5, 5.41) is 9.57. The van der Waals surface area contributed by atoms with Gasteiger partial charge in [-0.1, -0.05) is 58.3 Å². The zero-order chi connectivity index (χ0) is 14.1. The minimum atomic E-state index is -0.631. The lowest BCUT2D eigenvalue weighted by Gasteiger charge is -2.44. The van der Waals surface area contributed by atoms with Crippen LogP contribution in [0.2, 0.25) is 0 Å². The Kier molecular flexibility index (Phi) is 7.44. The lowest BCUT2D eigenvalue weighted by molar-refractivity contribution is -0.152. The van der Waals surface area contributed by atoms with Crippen LogP contribution in [0.4, 0.5) is 0 Å². The van der Waals surface area contributed by atoms with Gasteiger partial charge in [-0.25, -0.2) is 0 Å². The average Bonchev–Trinajstić information content (AvgIpc) is 2.33. The molecule has 0 radical (unpaired) electrons. The van der Waals surface area contributed by atoms with Crippen molar-refractivity contribution >= 4 is 5.91 Å². The molecular weight excluding hydrogens is 238 g/mol. The summed E-state index contributed by atoms with van der Waals surface area (Å²) in [5.74, 6) is 0.217. The first-order valence-corrected chi connectivity index (χ1v) is 8.05. The molecule has 1 heterocycles. The maximum Gasteiger partial charge on any atom is 0.222 e. The van der Waals surface area contributed by atoms with E-state index >= 15 is 0 Å². The third-order valence-electron chi connectivity index (χ3n) is 3.91. The summed E-state index contributed by atoms with van der Waals surface area (Å²) < 4.78 is 0. The highest BCUT2D eigenvalue weighted by molar-refractivity contribution is 5.77. The Morgan fingerprint density at radius 1 is 1.00 bits per heavy atom. The molecule has 0 aromatic rings. The second kappa shape index (κ2) is 8.57. The highest BCUT2D eigenvalue weighted by Crippen LogP contribution is 2.21. The first-order valence-electron chi connectivity index (χ1n) is 8.05. The molecule has 0 bridgehead atoms. The van der Waals surface area contributed by atoms with Crippen molar-refractivity contribution in [1.82, 2.24) is 4.90 Å². The van der Waals surface area contributed by atoms with Gasteiger partial charge < -0.3 is 10.0 Å². The summed E-state index contributed by atoms with van der Waals surface area (Å²) in [5.41, 5.74) is -0.631. The van der Waals surface area contributed by atoms with Crippen LogP contribution in [0, 0.1) is 0 Å². The van der Waals surface area contributed by atoms with Crippen molar-refractivity contribution in [3.8, 4) is 0 Å². The molecule has 112 valence electrons. The fraction of sp³-hybridized carbons (Fsp3) is 0.938. The van der Waals surface area contributed by atoms with E-state index in [0.29, 0.717) is 19.5 Å². The predicted octanol–water partition coefficient (Wildman–Crippen LogP) is 3.50. The van der Waals surface area contributed by atoms with E-state index in [2.05, 4.69) is 6.92 Å². The zero-order valence-electron chi connectivity index (χ0n) is 12.8. The summed E-state index contributed by atoms with van der Waals surface area (Å²) in [4.78, 5) is 13.5. The molecule has 1 N–H and O–H groups in total. The van der Waals surface area contributed by atoms with Crippen molar-refractivity contribution in [3.63, 3.8) is 0 Å². The van der Waals surface area contributed by atoms with Crippen LogP contribution in [0.25, 0.3) is 0 Å². The van der Waals surface area contributed by atoms with Crippen LogP contribution in [0.3, 0.4) is 0 Å². The largest absolute Gasteiger partial charge is 0.386 e. The Balaban J connectivity index is 1.85. The number of aliphatic hydroxyl groups is 1. The Morgan fingerprint density at radius 3 is 1.95 bits per heavy atom. The minimum absolute atomic E-state index is 0.217. The molecule has 3 nitrogen and oxygen atoms in total. The lowest BCUT2D eigenvalue weighted by Crippen LogP contribution is -2.61. The molecule has 3 heteroatoms. The number of nitrogens with zero attached hydrogens (tertiary/aromatic N) is 1. The Hall–Kier alpha value is -0.570. The van der Waals surface area contributed by atoms with Gasteiger partial charge in [0.2, 0.25) is 5.91 Å². The fourth-order valence-corrected chi connectivity index (χ4v) is 2.70. The number of β-amino-alcohol motifs (C(OH)–C–C–N with tert-alkyl or cyclic N) is 1. The fourth-order valence-electron chi connectivity index (χ4n) is 2.70. The minimum Gasteiger partial charge on any atom is -0.386 e. The standard InChI is InChI=1S/C16H31NO2/c1-3-4-5-6-7-8-9-10-11-12-15(18)17-13-16(2,19)14-17/h19H,3-14H2,1-2H3. The van der Waals surface area contributed by atoms with Gasteiger partial charge in [-0.15, -0.1) is 0 Å². The molecule has 0 aromatic heterocycles. The van der Waals surface area contributed by atoms with Gasteiger partial charge in [-0.2, -0.15) is 0 Å². The van der Waals surface area contributed by atoms with Crippen molar-refractivity contribution in [1.29, 1.82) is 0 Å². The molecule has 1 saturated heterocycles. The summed E-state index contributed by atoms with van der Waals surface area (Å²) >= 11 is 0. The van der Waals surface area contributed by atoms with E-state index in [4.69, 9.17) is 0 Å². The molecular formula is C16H31NO2. The number of unbranched alkanes of at least 4 members (excludes halogenated alkanes) is 8. The molecule has 1 rings (SSSR count). The average molecular weight is 269 g/mol. The first kappa shape index (κ1) is 16.5. The molecule has 19 heavy (non-hydrogen) atoms. The van der Waals surface area contributed by atoms with E-state index in [1.165, 1.54) is 51.4 Å². The van der Waals surface area contributed by atoms with Gasteiger partial charge in [-0.3, -0.25) is 4.79 Å². The van der Waals surface area contributed by atoms with Crippen LogP contribution >= 0.6 is 0 Å². The number of likely N-dealkylation sites (tertiary alicyclic amines) is 1. The third kappa shape index (κ3) is 6.95. The number of amides is 1. The maximum absolute atomic E-state index is 11.7. The normalized spacial score (nSPS) is 17.3. The van der Waals surface area contributed by atoms with E-state index in [1.54, 1.807) is 11.8 Å². The molecule has 1 aliphatic rings. The lowest BCUT2D eigenvalue weighted by atomic mass is 9.96. The number of carbonyl (C=O) groups is 1. The van der Waals surface area contributed by atoms with Crippen LogP contribution < -0.4 is 0 Å². The Bertz CT molecular complexity index is 255. The van der Waals surface area contributed by atoms with Crippen LogP contribution in [0.1, 0.15) is 78.1 Å². The molecule has 0 atom stereocenters. The summed E-state index contributed by atoms with van der Waals surface area (Å²) in [6, 6.07) is 0. The van der Waals surface area contributed by atoms with Gasteiger partial charge >= 0.3 is 0 Å². The van der Waals surface area contributed by atoms with Crippen LogP contribution in [-0.4, -0.2) is 34.6 Å². The molecule has 1 amide bonds. The first-order chi connectivity index (χ1) is 9.05. The van der Waals surface area contributed by atoms with Crippen LogP contribution in [-0.2, 0) is 4.79 Å². The Morgan fingerprint density at radius 2 is 1.47 bits per heavy atom. The Labute approximate surface area is 118 Å². The third-order valence-corrected chi connectivity index (χ3v) is 3.91. The summed E-state index contributed by atoms with van der Waals surface area (Å²) in [6.45, 7) is 5.07. The van der Waals surface area contributed by atoms with E-state index in [0.717, 1.165) is 6.42 Å². The number of carbonyl (C=O) groups excluding carboxylic acids is 1. The second-order valence-electron chi connectivity index (χ2n) is 6.33. The van der Waals surface area contributed by atoms with Gasteiger partial charge in [-0.05, 0) is 13.3 Å². The molecule has 0 aromatic carbocycles. The highest BCUT2D eigenvalue weighted by atomic mass is 16.3. The van der Waals surface area contributed by atoms with Gasteiger partial charge in [0.15, 0.2) is 0 Å². The van der Waals surface area contributed by atoms with Crippen LogP contribution in [0.5, 0.6) is 0 Å². The van der Waals surface area contributed by atoms with Crippen molar-refractivity contribution in [2.75, 3.05) is 13.1 Å². The SMILES string of the molecule is CCCCCCCCCCCC(=O)N1CC(C)(O)C1. The zero-order valence-corrected chi connectivity index (χ0v) is 12.8. The molecule has 0 unspecified atom stereocenters. The van der Waals surface area contributed by atoms with Gasteiger partial charge in [0.25, 0.3) is 0 Å². The van der Waals surface area contributed by atoms with E-state index in [9.17, 15) is 9.90 Å². The van der Waals surface area contributed by atoms with E-state index < -0.39 is 5.60 Å². The van der Waals surface area contributed by atoms with Crippen molar-refractivity contribution in [2.45, 2.75) is 83.7 Å². The number of hydrogen-bond donors (Lipinski definition) is 1. The van der Waals surface area contributed by atoms with Crippen molar-refractivity contribution in [2.24, 2.45) is 0 Å². The van der Waals surface area contributed by atoms with Crippen molar-refractivity contribution < 1.29 is 9.90 Å². The molecule has 0 saturated carbocycles. The quantitative estimate of drug-likeness (QED) is 0.617. The number of rotatable bonds is 10. The maximum atomic E-state index is 11.7. The highest BCUT2D eigenvalue weighted by Gasteiger charge is 2.38. The molecule has 0 spiro atoms. The van der Waals surface area contributed by atoms with Crippen LogP contribution in [0.15, 0.2) is 0 Å². The van der Waals surface area contributed by atoms with Crippen molar-refractivity contribution in [3.05, 3.63) is 0 Å². The molecule has 0 aliphatic carbocycles. The smallest absolute Gasteiger partial charge is 0.222 e. The summed E-state index contributed by atoms with van der Waals surface area (Å²) in [6.07, 6.45) is 12.2.